The van der Waals surface area contributed by atoms with E-state index in [9.17, 15) is 4.39 Å². The molecule has 0 spiro atoms. The van der Waals surface area contributed by atoms with E-state index >= 15 is 0 Å². The van der Waals surface area contributed by atoms with E-state index in [1.54, 1.807) is 24.3 Å². The van der Waals surface area contributed by atoms with Gasteiger partial charge in [-0.2, -0.15) is 4.98 Å². The molecule has 0 aliphatic heterocycles. The largest absolute Gasteiger partial charge is 0.423 e. The molecule has 1 aromatic heterocycles. The van der Waals surface area contributed by atoms with E-state index in [4.69, 9.17) is 10.2 Å². The number of halogens is 1. The van der Waals surface area contributed by atoms with Crippen LogP contribution in [0.3, 0.4) is 0 Å². The molecule has 0 amide bonds. The number of rotatable bonds is 2. The second kappa shape index (κ2) is 4.28. The highest BCUT2D eigenvalue weighted by Gasteiger charge is 2.10. The first kappa shape index (κ1) is 11.5. The molecule has 0 atom stereocenters. The van der Waals surface area contributed by atoms with Crippen molar-refractivity contribution in [2.24, 2.45) is 0 Å². The van der Waals surface area contributed by atoms with Crippen LogP contribution in [0.5, 0.6) is 0 Å². The highest BCUT2D eigenvalue weighted by Crippen LogP contribution is 2.26. The van der Waals surface area contributed by atoms with Crippen LogP contribution in [0.25, 0.3) is 11.1 Å². The standard InChI is InChI=1S/C14H12FN3O/c1-8-3-2-4-10(15)13(8)18-14-17-11-6-5-9(16)7-12(11)19-14/h2-7H,16H2,1H3,(H,17,18). The fraction of sp³-hybridized carbons (Fsp3) is 0.0714. The van der Waals surface area contributed by atoms with Gasteiger partial charge in [0.2, 0.25) is 0 Å². The quantitative estimate of drug-likeness (QED) is 0.688. The Balaban J connectivity index is 2.01. The van der Waals surface area contributed by atoms with Crippen molar-refractivity contribution in [1.82, 2.24) is 4.98 Å². The number of nitrogen functional groups attached to an aromatic ring is 1. The number of aromatic nitrogens is 1. The summed E-state index contributed by atoms with van der Waals surface area (Å²) >= 11 is 0. The van der Waals surface area contributed by atoms with Crippen LogP contribution < -0.4 is 11.1 Å². The number of para-hydroxylation sites is 1. The summed E-state index contributed by atoms with van der Waals surface area (Å²) in [6.07, 6.45) is 0. The van der Waals surface area contributed by atoms with Crippen LogP contribution >= 0.6 is 0 Å². The van der Waals surface area contributed by atoms with Gasteiger partial charge in [-0.05, 0) is 30.7 Å². The first-order chi connectivity index (χ1) is 9.13. The van der Waals surface area contributed by atoms with Gasteiger partial charge in [0.15, 0.2) is 5.58 Å². The number of nitrogens with two attached hydrogens (primary N) is 1. The molecule has 2 aromatic carbocycles. The number of aryl methyl sites for hydroxylation is 1. The van der Waals surface area contributed by atoms with Gasteiger partial charge in [-0.1, -0.05) is 12.1 Å². The van der Waals surface area contributed by atoms with Gasteiger partial charge in [-0.25, -0.2) is 4.39 Å². The van der Waals surface area contributed by atoms with Crippen LogP contribution in [-0.2, 0) is 0 Å². The van der Waals surface area contributed by atoms with Gasteiger partial charge >= 0.3 is 0 Å². The molecule has 0 bridgehead atoms. The second-order valence-electron chi connectivity index (χ2n) is 4.30. The Morgan fingerprint density at radius 3 is 2.89 bits per heavy atom. The Morgan fingerprint density at radius 2 is 2.11 bits per heavy atom. The van der Waals surface area contributed by atoms with E-state index in [2.05, 4.69) is 10.3 Å². The molecule has 3 N–H and O–H groups in total. The van der Waals surface area contributed by atoms with Crippen LogP contribution in [0, 0.1) is 12.7 Å². The van der Waals surface area contributed by atoms with Crippen molar-refractivity contribution in [2.45, 2.75) is 6.92 Å². The number of nitrogens with zero attached hydrogens (tertiary/aromatic N) is 1. The SMILES string of the molecule is Cc1cccc(F)c1Nc1nc2ccc(N)cc2o1. The van der Waals surface area contributed by atoms with Crippen molar-refractivity contribution in [3.63, 3.8) is 0 Å². The third kappa shape index (κ3) is 2.10. The summed E-state index contributed by atoms with van der Waals surface area (Å²) in [5.41, 5.74) is 8.64. The van der Waals surface area contributed by atoms with Crippen molar-refractivity contribution in [3.05, 3.63) is 47.8 Å². The van der Waals surface area contributed by atoms with Crippen molar-refractivity contribution < 1.29 is 8.81 Å². The van der Waals surface area contributed by atoms with Crippen molar-refractivity contribution >= 4 is 28.5 Å². The van der Waals surface area contributed by atoms with Gasteiger partial charge in [0, 0.05) is 11.8 Å². The lowest BCUT2D eigenvalue weighted by Crippen LogP contribution is -1.96. The Morgan fingerprint density at radius 1 is 1.26 bits per heavy atom. The van der Waals surface area contributed by atoms with Crippen molar-refractivity contribution in [1.29, 1.82) is 0 Å². The molecule has 0 aliphatic carbocycles. The lowest BCUT2D eigenvalue weighted by molar-refractivity contribution is 0.611. The Kier molecular flexibility index (Phi) is 2.59. The smallest absolute Gasteiger partial charge is 0.300 e. The van der Waals surface area contributed by atoms with Crippen LogP contribution in [0.2, 0.25) is 0 Å². The molecule has 0 fully saturated rings. The molecule has 0 aliphatic rings. The van der Waals surface area contributed by atoms with Gasteiger partial charge in [0.05, 0.1) is 5.69 Å². The van der Waals surface area contributed by atoms with E-state index < -0.39 is 0 Å². The zero-order valence-corrected chi connectivity index (χ0v) is 10.3. The Labute approximate surface area is 109 Å². The molecule has 0 radical (unpaired) electrons. The monoisotopic (exact) mass is 257 g/mol. The highest BCUT2D eigenvalue weighted by atomic mass is 19.1. The van der Waals surface area contributed by atoms with Gasteiger partial charge in [0.1, 0.15) is 11.3 Å². The molecule has 96 valence electrons. The normalized spacial score (nSPS) is 10.8. The third-order valence-corrected chi connectivity index (χ3v) is 2.87. The van der Waals surface area contributed by atoms with Gasteiger partial charge in [0.25, 0.3) is 6.01 Å². The molecule has 19 heavy (non-hydrogen) atoms. The summed E-state index contributed by atoms with van der Waals surface area (Å²) in [7, 11) is 0. The molecule has 0 saturated heterocycles. The fourth-order valence-corrected chi connectivity index (χ4v) is 1.89. The summed E-state index contributed by atoms with van der Waals surface area (Å²) in [5, 5.41) is 2.86. The van der Waals surface area contributed by atoms with E-state index in [0.29, 0.717) is 22.5 Å². The summed E-state index contributed by atoms with van der Waals surface area (Å²) in [6, 6.07) is 10.3. The first-order valence-electron chi connectivity index (χ1n) is 5.82. The molecule has 0 unspecified atom stereocenters. The Bertz CT molecular complexity index is 731. The van der Waals surface area contributed by atoms with Gasteiger partial charge in [-0.15, -0.1) is 0 Å². The third-order valence-electron chi connectivity index (χ3n) is 2.87. The van der Waals surface area contributed by atoms with Gasteiger partial charge in [-0.3, -0.25) is 0 Å². The highest BCUT2D eigenvalue weighted by molar-refractivity contribution is 5.78. The molecular formula is C14H12FN3O. The van der Waals surface area contributed by atoms with Crippen LogP contribution in [0.1, 0.15) is 5.56 Å². The van der Waals surface area contributed by atoms with Crippen molar-refractivity contribution in [2.75, 3.05) is 11.1 Å². The number of benzene rings is 2. The molecule has 3 rings (SSSR count). The number of fused-ring (bicyclic) bond motifs is 1. The predicted octanol–water partition coefficient (Wildman–Crippen LogP) is 3.60. The number of anilines is 3. The van der Waals surface area contributed by atoms with Crippen LogP contribution in [0.4, 0.5) is 21.8 Å². The molecule has 5 heteroatoms. The van der Waals surface area contributed by atoms with Crippen LogP contribution in [0.15, 0.2) is 40.8 Å². The molecule has 3 aromatic rings. The minimum Gasteiger partial charge on any atom is -0.423 e. The lowest BCUT2D eigenvalue weighted by Gasteiger charge is -2.06. The Hall–Kier alpha value is -2.56. The van der Waals surface area contributed by atoms with Crippen LogP contribution in [-0.4, -0.2) is 4.98 Å². The molecule has 0 saturated carbocycles. The average Bonchev–Trinajstić information content (AvgIpc) is 2.75. The molecular weight excluding hydrogens is 245 g/mol. The number of hydrogen-bond acceptors (Lipinski definition) is 4. The predicted molar refractivity (Wildman–Crippen MR) is 72.8 cm³/mol. The summed E-state index contributed by atoms with van der Waals surface area (Å²) in [6.45, 7) is 1.81. The average molecular weight is 257 g/mol. The summed E-state index contributed by atoms with van der Waals surface area (Å²) in [4.78, 5) is 4.23. The van der Waals surface area contributed by atoms with E-state index in [1.807, 2.05) is 13.0 Å². The number of hydrogen-bond donors (Lipinski definition) is 2. The topological polar surface area (TPSA) is 64.1 Å². The maximum Gasteiger partial charge on any atom is 0.300 e. The maximum atomic E-state index is 13.7. The minimum absolute atomic E-state index is 0.244. The summed E-state index contributed by atoms with van der Waals surface area (Å²) in [5.74, 6) is -0.346. The maximum absolute atomic E-state index is 13.7. The lowest BCUT2D eigenvalue weighted by atomic mass is 10.2. The number of oxazole rings is 1. The minimum atomic E-state index is -0.346. The zero-order valence-electron chi connectivity index (χ0n) is 10.3. The van der Waals surface area contributed by atoms with E-state index in [-0.39, 0.29) is 11.8 Å². The second-order valence-corrected chi connectivity index (χ2v) is 4.30. The molecule has 4 nitrogen and oxygen atoms in total. The number of nitrogens with one attached hydrogen (secondary N) is 1. The van der Waals surface area contributed by atoms with E-state index in [0.717, 1.165) is 5.56 Å². The van der Waals surface area contributed by atoms with Gasteiger partial charge < -0.3 is 15.5 Å². The fourth-order valence-electron chi connectivity index (χ4n) is 1.89. The molecule has 1 heterocycles. The summed E-state index contributed by atoms with van der Waals surface area (Å²) < 4.78 is 19.2. The van der Waals surface area contributed by atoms with E-state index in [1.165, 1.54) is 6.07 Å². The van der Waals surface area contributed by atoms with Crippen molar-refractivity contribution in [3.8, 4) is 0 Å². The first-order valence-corrected chi connectivity index (χ1v) is 5.82. The zero-order chi connectivity index (χ0) is 13.4.